The maximum atomic E-state index is 2.58. The molecule has 0 N–H and O–H groups in total. The largest absolute Gasteiger partial charge is 0.256 e. The lowest BCUT2D eigenvalue weighted by molar-refractivity contribution is -0.704. The van der Waals surface area contributed by atoms with Crippen LogP contribution in [0.2, 0.25) is 0 Å². The number of imidazole rings is 1. The molecule has 0 unspecified atom stereocenters. The van der Waals surface area contributed by atoms with Gasteiger partial charge in [0.1, 0.15) is 12.4 Å². The molecular formula is C33H65N2+. The van der Waals surface area contributed by atoms with E-state index in [1.807, 2.05) is 0 Å². The first-order chi connectivity index (χ1) is 17.3. The molecule has 206 valence electrons. The molecule has 0 aliphatic rings. The van der Waals surface area contributed by atoms with Crippen LogP contribution in [-0.4, -0.2) is 4.57 Å². The van der Waals surface area contributed by atoms with Crippen LogP contribution in [0.1, 0.15) is 181 Å². The SMILES string of the molecule is CCCCCCCCCCCCCCCCCCCc1n(CCCC)cc[n+]1CCCCCCC. The van der Waals surface area contributed by atoms with Crippen molar-refractivity contribution in [2.75, 3.05) is 0 Å². The third-order valence-corrected chi connectivity index (χ3v) is 7.85. The summed E-state index contributed by atoms with van der Waals surface area (Å²) in [7, 11) is 0. The normalized spacial score (nSPS) is 11.5. The van der Waals surface area contributed by atoms with E-state index in [9.17, 15) is 0 Å². The standard InChI is InChI=1S/C33H65N2/c1-4-7-10-12-13-14-15-16-17-18-19-20-21-22-23-24-26-28-33-34(29-9-6-3)31-32-35(33)30-27-25-11-8-5-2/h31-32H,4-30H2,1-3H3/q+1. The number of hydrogen-bond acceptors (Lipinski definition) is 0. The zero-order valence-corrected chi connectivity index (χ0v) is 24.6. The molecule has 2 nitrogen and oxygen atoms in total. The molecule has 0 aromatic carbocycles. The molecule has 0 atom stereocenters. The Kier molecular flexibility index (Phi) is 22.9. The summed E-state index contributed by atoms with van der Waals surface area (Å²) in [6.07, 6.45) is 40.1. The van der Waals surface area contributed by atoms with Gasteiger partial charge >= 0.3 is 0 Å². The lowest BCUT2D eigenvalue weighted by atomic mass is 10.0. The first kappa shape index (κ1) is 32.2. The molecule has 0 bridgehead atoms. The molecular weight excluding hydrogens is 424 g/mol. The van der Waals surface area contributed by atoms with Crippen LogP contribution in [0, 0.1) is 0 Å². The van der Waals surface area contributed by atoms with Gasteiger partial charge in [0.15, 0.2) is 0 Å². The molecule has 0 saturated heterocycles. The highest BCUT2D eigenvalue weighted by Gasteiger charge is 2.16. The molecule has 0 spiro atoms. The number of aromatic nitrogens is 2. The molecule has 0 aliphatic carbocycles. The van der Waals surface area contributed by atoms with Crippen molar-refractivity contribution in [3.63, 3.8) is 0 Å². The van der Waals surface area contributed by atoms with E-state index >= 15 is 0 Å². The molecule has 1 aromatic heterocycles. The summed E-state index contributed by atoms with van der Waals surface area (Å²) in [6.45, 7) is 9.34. The fourth-order valence-electron chi connectivity index (χ4n) is 5.41. The van der Waals surface area contributed by atoms with E-state index in [-0.39, 0.29) is 0 Å². The molecule has 0 fully saturated rings. The van der Waals surface area contributed by atoms with Crippen molar-refractivity contribution in [3.05, 3.63) is 18.2 Å². The maximum absolute atomic E-state index is 2.58. The number of unbranched alkanes of at least 4 members (excludes halogenated alkanes) is 21. The number of nitrogens with zero attached hydrogens (tertiary/aromatic N) is 2. The highest BCUT2D eigenvalue weighted by molar-refractivity contribution is 4.84. The lowest BCUT2D eigenvalue weighted by Crippen LogP contribution is -2.37. The third-order valence-electron chi connectivity index (χ3n) is 7.85. The zero-order chi connectivity index (χ0) is 25.2. The van der Waals surface area contributed by atoms with Gasteiger partial charge in [0.25, 0.3) is 5.82 Å². The number of hydrogen-bond donors (Lipinski definition) is 0. The second kappa shape index (κ2) is 24.9. The summed E-state index contributed by atoms with van der Waals surface area (Å²) in [4.78, 5) is 0. The topological polar surface area (TPSA) is 8.81 Å². The minimum atomic E-state index is 1.20. The van der Waals surface area contributed by atoms with Crippen LogP contribution in [0.5, 0.6) is 0 Å². The third kappa shape index (κ3) is 18.2. The van der Waals surface area contributed by atoms with E-state index in [2.05, 4.69) is 42.3 Å². The minimum Gasteiger partial charge on any atom is -0.234 e. The van der Waals surface area contributed by atoms with Gasteiger partial charge in [0.05, 0.1) is 13.1 Å². The van der Waals surface area contributed by atoms with Crippen molar-refractivity contribution in [2.24, 2.45) is 0 Å². The van der Waals surface area contributed by atoms with Crippen molar-refractivity contribution in [1.29, 1.82) is 0 Å². The van der Waals surface area contributed by atoms with Crippen molar-refractivity contribution in [3.8, 4) is 0 Å². The van der Waals surface area contributed by atoms with Gasteiger partial charge in [-0.3, -0.25) is 0 Å². The second-order valence-electron chi connectivity index (χ2n) is 11.3. The number of aryl methyl sites for hydroxylation is 2. The summed E-state index contributed by atoms with van der Waals surface area (Å²) < 4.78 is 5.14. The van der Waals surface area contributed by atoms with Crippen LogP contribution in [0.25, 0.3) is 0 Å². The van der Waals surface area contributed by atoms with Crippen molar-refractivity contribution < 1.29 is 4.57 Å². The molecule has 0 amide bonds. The highest BCUT2D eigenvalue weighted by Crippen LogP contribution is 2.15. The lowest BCUT2D eigenvalue weighted by Gasteiger charge is -2.06. The van der Waals surface area contributed by atoms with Crippen LogP contribution < -0.4 is 4.57 Å². The molecule has 0 aliphatic heterocycles. The summed E-state index contributed by atoms with van der Waals surface area (Å²) in [6, 6.07) is 0. The summed E-state index contributed by atoms with van der Waals surface area (Å²) in [5.41, 5.74) is 0. The average molecular weight is 490 g/mol. The van der Waals surface area contributed by atoms with Crippen LogP contribution in [0.15, 0.2) is 12.4 Å². The van der Waals surface area contributed by atoms with E-state index in [1.54, 1.807) is 5.82 Å². The van der Waals surface area contributed by atoms with Gasteiger partial charge in [0.2, 0.25) is 0 Å². The molecule has 0 saturated carbocycles. The van der Waals surface area contributed by atoms with E-state index in [0.717, 1.165) is 0 Å². The van der Waals surface area contributed by atoms with Crippen LogP contribution in [0.3, 0.4) is 0 Å². The molecule has 0 radical (unpaired) electrons. The van der Waals surface area contributed by atoms with E-state index in [0.29, 0.717) is 0 Å². The van der Waals surface area contributed by atoms with Crippen LogP contribution in [0.4, 0.5) is 0 Å². The van der Waals surface area contributed by atoms with Gasteiger partial charge in [-0.2, -0.15) is 0 Å². The Hall–Kier alpha value is -0.790. The number of rotatable bonds is 27. The zero-order valence-electron chi connectivity index (χ0n) is 24.6. The fourth-order valence-corrected chi connectivity index (χ4v) is 5.41. The summed E-state index contributed by atoms with van der Waals surface area (Å²) in [5.74, 6) is 1.59. The van der Waals surface area contributed by atoms with Gasteiger partial charge in [-0.1, -0.05) is 149 Å². The quantitative estimate of drug-likeness (QED) is 0.0858. The monoisotopic (exact) mass is 490 g/mol. The van der Waals surface area contributed by atoms with Gasteiger partial charge in [0, 0.05) is 6.42 Å². The Bertz CT molecular complexity index is 547. The smallest absolute Gasteiger partial charge is 0.234 e. The van der Waals surface area contributed by atoms with E-state index in [1.165, 1.54) is 174 Å². The van der Waals surface area contributed by atoms with Crippen molar-refractivity contribution in [1.82, 2.24) is 4.57 Å². The molecule has 2 heteroatoms. The van der Waals surface area contributed by atoms with Crippen molar-refractivity contribution >= 4 is 0 Å². The Morgan fingerprint density at radius 2 is 0.886 bits per heavy atom. The van der Waals surface area contributed by atoms with Gasteiger partial charge in [-0.25, -0.2) is 9.13 Å². The molecule has 1 rings (SSSR count). The molecule has 35 heavy (non-hydrogen) atoms. The van der Waals surface area contributed by atoms with Crippen LogP contribution >= 0.6 is 0 Å². The second-order valence-corrected chi connectivity index (χ2v) is 11.3. The molecule has 1 aromatic rings. The Balaban J connectivity index is 2.05. The Morgan fingerprint density at radius 3 is 1.34 bits per heavy atom. The van der Waals surface area contributed by atoms with Crippen molar-refractivity contribution in [2.45, 2.75) is 194 Å². The predicted octanol–water partition coefficient (Wildman–Crippen LogP) is 10.7. The maximum Gasteiger partial charge on any atom is 0.256 e. The van der Waals surface area contributed by atoms with E-state index < -0.39 is 0 Å². The molecule has 1 heterocycles. The summed E-state index contributed by atoms with van der Waals surface area (Å²) in [5, 5.41) is 0. The minimum absolute atomic E-state index is 1.20. The first-order valence-corrected chi connectivity index (χ1v) is 16.4. The predicted molar refractivity (Wildman–Crippen MR) is 156 cm³/mol. The Morgan fingerprint density at radius 1 is 0.486 bits per heavy atom. The van der Waals surface area contributed by atoms with E-state index in [4.69, 9.17) is 0 Å². The van der Waals surface area contributed by atoms with Gasteiger partial charge < -0.3 is 0 Å². The fraction of sp³-hybridized carbons (Fsp3) is 0.909. The first-order valence-electron chi connectivity index (χ1n) is 16.4. The summed E-state index contributed by atoms with van der Waals surface area (Å²) >= 11 is 0. The highest BCUT2D eigenvalue weighted by atomic mass is 15.1. The van der Waals surface area contributed by atoms with Gasteiger partial charge in [-0.15, -0.1) is 0 Å². The van der Waals surface area contributed by atoms with Gasteiger partial charge in [-0.05, 0) is 25.7 Å². The Labute approximate surface area is 221 Å². The van der Waals surface area contributed by atoms with Crippen LogP contribution in [-0.2, 0) is 19.5 Å². The average Bonchev–Trinajstić information content (AvgIpc) is 3.25.